The van der Waals surface area contributed by atoms with Crippen molar-refractivity contribution in [3.8, 4) is 11.4 Å². The molecule has 0 unspecified atom stereocenters. The molecule has 1 aliphatic rings. The van der Waals surface area contributed by atoms with Crippen molar-refractivity contribution >= 4 is 42.4 Å². The minimum Gasteiger partial charge on any atom is -0.339 e. The molecule has 0 radical (unpaired) electrons. The molecule has 0 aliphatic carbocycles. The maximum atomic E-state index is 12.5. The Hall–Kier alpha value is -2.19. The van der Waals surface area contributed by atoms with Gasteiger partial charge in [-0.2, -0.15) is 0 Å². The number of halogens is 3. The highest BCUT2D eigenvalue weighted by Crippen LogP contribution is 2.18. The molecule has 2 aromatic heterocycles. The Balaban J connectivity index is 0.00000160. The van der Waals surface area contributed by atoms with Gasteiger partial charge < -0.3 is 10.2 Å². The summed E-state index contributed by atoms with van der Waals surface area (Å²) in [6.07, 6.45) is 3.99. The van der Waals surface area contributed by atoms with Gasteiger partial charge in [0.25, 0.3) is 5.56 Å². The van der Waals surface area contributed by atoms with Crippen molar-refractivity contribution in [2.45, 2.75) is 12.5 Å². The van der Waals surface area contributed by atoms with Crippen LogP contribution in [0.4, 0.5) is 5.95 Å². The summed E-state index contributed by atoms with van der Waals surface area (Å²) in [6, 6.07) is 11.4. The SMILES string of the molecule is Cl.Cl.Cn1c(N2CCN[C@@H](Cc3ccc(Cl)cc3)C2)nc(-c2ccncn2)cc1=O. The molecule has 160 valence electrons. The van der Waals surface area contributed by atoms with Crippen LogP contribution in [0.1, 0.15) is 5.56 Å². The van der Waals surface area contributed by atoms with Gasteiger partial charge in [-0.1, -0.05) is 23.7 Å². The summed E-state index contributed by atoms with van der Waals surface area (Å²) in [5.41, 5.74) is 2.32. The molecule has 3 aromatic rings. The summed E-state index contributed by atoms with van der Waals surface area (Å²) < 4.78 is 1.59. The zero-order chi connectivity index (χ0) is 19.5. The molecule has 0 bridgehead atoms. The van der Waals surface area contributed by atoms with E-state index in [-0.39, 0.29) is 36.4 Å². The molecule has 10 heteroatoms. The Morgan fingerprint density at radius 1 is 1.17 bits per heavy atom. The fraction of sp³-hybridized carbons (Fsp3) is 0.300. The lowest BCUT2D eigenvalue weighted by Crippen LogP contribution is -2.53. The first kappa shape index (κ1) is 24.1. The first-order valence-corrected chi connectivity index (χ1v) is 9.55. The van der Waals surface area contributed by atoms with Crippen LogP contribution >= 0.6 is 36.4 Å². The van der Waals surface area contributed by atoms with Gasteiger partial charge in [-0.3, -0.25) is 9.36 Å². The largest absolute Gasteiger partial charge is 0.339 e. The second-order valence-electron chi connectivity index (χ2n) is 6.86. The third-order valence-corrected chi connectivity index (χ3v) is 5.14. The van der Waals surface area contributed by atoms with Gasteiger partial charge in [0, 0.05) is 50.0 Å². The molecule has 1 saturated heterocycles. The van der Waals surface area contributed by atoms with Crippen LogP contribution in [0.5, 0.6) is 0 Å². The van der Waals surface area contributed by atoms with E-state index in [0.717, 1.165) is 31.1 Å². The number of aromatic nitrogens is 4. The fourth-order valence-electron chi connectivity index (χ4n) is 3.43. The Labute approximate surface area is 192 Å². The second-order valence-corrected chi connectivity index (χ2v) is 7.30. The van der Waals surface area contributed by atoms with Crippen molar-refractivity contribution in [2.24, 2.45) is 7.05 Å². The van der Waals surface area contributed by atoms with E-state index in [0.29, 0.717) is 17.3 Å². The van der Waals surface area contributed by atoms with Crippen LogP contribution < -0.4 is 15.8 Å². The van der Waals surface area contributed by atoms with Crippen molar-refractivity contribution in [3.63, 3.8) is 0 Å². The summed E-state index contributed by atoms with van der Waals surface area (Å²) >= 11 is 5.98. The predicted octanol–water partition coefficient (Wildman–Crippen LogP) is 2.76. The van der Waals surface area contributed by atoms with Crippen LogP contribution in [-0.4, -0.2) is 45.2 Å². The zero-order valence-electron chi connectivity index (χ0n) is 16.4. The minimum absolute atomic E-state index is 0. The minimum atomic E-state index is -0.105. The van der Waals surface area contributed by atoms with E-state index in [4.69, 9.17) is 16.6 Å². The van der Waals surface area contributed by atoms with Gasteiger partial charge in [0.15, 0.2) is 0 Å². The smallest absolute Gasteiger partial charge is 0.255 e. The van der Waals surface area contributed by atoms with Crippen molar-refractivity contribution in [1.82, 2.24) is 24.8 Å². The van der Waals surface area contributed by atoms with Gasteiger partial charge in [0.1, 0.15) is 6.33 Å². The third-order valence-electron chi connectivity index (χ3n) is 4.89. The molecular weight excluding hydrogens is 447 g/mol. The molecule has 7 nitrogen and oxygen atoms in total. The van der Waals surface area contributed by atoms with E-state index in [2.05, 4.69) is 20.2 Å². The Kier molecular flexibility index (Phi) is 8.61. The molecule has 1 N–H and O–H groups in total. The van der Waals surface area contributed by atoms with Crippen molar-refractivity contribution in [3.05, 3.63) is 69.9 Å². The molecule has 0 amide bonds. The van der Waals surface area contributed by atoms with Gasteiger partial charge >= 0.3 is 0 Å². The normalized spacial score (nSPS) is 15.8. The first-order valence-electron chi connectivity index (χ1n) is 9.17. The summed E-state index contributed by atoms with van der Waals surface area (Å²) in [7, 11) is 1.75. The first-order chi connectivity index (χ1) is 13.6. The zero-order valence-corrected chi connectivity index (χ0v) is 18.8. The third kappa shape index (κ3) is 5.49. The molecule has 0 spiro atoms. The number of anilines is 1. The monoisotopic (exact) mass is 468 g/mol. The Morgan fingerprint density at radius 2 is 1.93 bits per heavy atom. The fourth-order valence-corrected chi connectivity index (χ4v) is 3.56. The summed E-state index contributed by atoms with van der Waals surface area (Å²) in [6.45, 7) is 2.37. The summed E-state index contributed by atoms with van der Waals surface area (Å²) in [5, 5.41) is 4.29. The van der Waals surface area contributed by atoms with Crippen LogP contribution in [0.25, 0.3) is 11.4 Å². The standard InChI is InChI=1S/C20H21ClN6O.2ClH/c1-26-19(28)11-18(17-6-7-22-13-24-17)25-20(26)27-9-8-23-16(12-27)10-14-2-4-15(21)5-3-14;;/h2-7,11,13,16,23H,8-10,12H2,1H3;2*1H/t16-;;/m0../s1. The molecule has 0 saturated carbocycles. The molecule has 4 rings (SSSR count). The average Bonchev–Trinajstić information content (AvgIpc) is 2.72. The maximum absolute atomic E-state index is 12.5. The number of nitrogens with one attached hydrogen (secondary N) is 1. The predicted molar refractivity (Wildman–Crippen MR) is 124 cm³/mol. The van der Waals surface area contributed by atoms with Crippen molar-refractivity contribution in [1.29, 1.82) is 0 Å². The van der Waals surface area contributed by atoms with E-state index in [9.17, 15) is 4.79 Å². The number of rotatable bonds is 4. The van der Waals surface area contributed by atoms with Crippen LogP contribution in [-0.2, 0) is 13.5 Å². The van der Waals surface area contributed by atoms with E-state index in [1.54, 1.807) is 23.9 Å². The van der Waals surface area contributed by atoms with E-state index < -0.39 is 0 Å². The maximum Gasteiger partial charge on any atom is 0.255 e. The molecule has 1 aromatic carbocycles. The van der Waals surface area contributed by atoms with Crippen LogP contribution in [0.15, 0.2) is 53.7 Å². The highest BCUT2D eigenvalue weighted by molar-refractivity contribution is 6.30. The van der Waals surface area contributed by atoms with Crippen LogP contribution in [0, 0.1) is 0 Å². The molecule has 1 atom stereocenters. The number of nitrogens with zero attached hydrogens (tertiary/aromatic N) is 5. The Morgan fingerprint density at radius 3 is 2.63 bits per heavy atom. The van der Waals surface area contributed by atoms with Gasteiger partial charge in [0.2, 0.25) is 5.95 Å². The van der Waals surface area contributed by atoms with Gasteiger partial charge in [-0.15, -0.1) is 24.8 Å². The van der Waals surface area contributed by atoms with Crippen molar-refractivity contribution in [2.75, 3.05) is 24.5 Å². The lowest BCUT2D eigenvalue weighted by Gasteiger charge is -2.35. The molecule has 30 heavy (non-hydrogen) atoms. The summed E-state index contributed by atoms with van der Waals surface area (Å²) in [5.74, 6) is 0.656. The molecular formula is C20H23Cl3N6O. The number of piperazine rings is 1. The lowest BCUT2D eigenvalue weighted by molar-refractivity contribution is 0.446. The number of benzene rings is 1. The molecule has 3 heterocycles. The Bertz CT molecular complexity index is 1010. The number of hydrogen-bond acceptors (Lipinski definition) is 6. The van der Waals surface area contributed by atoms with Gasteiger partial charge in [-0.05, 0) is 30.2 Å². The molecule has 1 fully saturated rings. The van der Waals surface area contributed by atoms with E-state index in [1.807, 2.05) is 24.3 Å². The van der Waals surface area contributed by atoms with Crippen LogP contribution in [0.3, 0.4) is 0 Å². The highest BCUT2D eigenvalue weighted by Gasteiger charge is 2.23. The van der Waals surface area contributed by atoms with Gasteiger partial charge in [-0.25, -0.2) is 15.0 Å². The van der Waals surface area contributed by atoms with E-state index in [1.165, 1.54) is 18.0 Å². The highest BCUT2D eigenvalue weighted by atomic mass is 35.5. The van der Waals surface area contributed by atoms with E-state index >= 15 is 0 Å². The number of hydrogen-bond donors (Lipinski definition) is 1. The van der Waals surface area contributed by atoms with Crippen LogP contribution in [0.2, 0.25) is 5.02 Å². The quantitative estimate of drug-likeness (QED) is 0.633. The summed E-state index contributed by atoms with van der Waals surface area (Å²) in [4.78, 5) is 27.5. The van der Waals surface area contributed by atoms with Crippen molar-refractivity contribution < 1.29 is 0 Å². The molecule has 1 aliphatic heterocycles. The average molecular weight is 470 g/mol. The second kappa shape index (κ2) is 10.7. The topological polar surface area (TPSA) is 75.9 Å². The lowest BCUT2D eigenvalue weighted by atomic mass is 10.0. The van der Waals surface area contributed by atoms with Gasteiger partial charge in [0.05, 0.1) is 11.4 Å².